The molecule has 1 aliphatic rings. The highest BCUT2D eigenvalue weighted by atomic mass is 16.5. The van der Waals surface area contributed by atoms with Crippen molar-refractivity contribution in [3.05, 3.63) is 0 Å². The molecule has 1 atom stereocenters. The molecule has 1 rings (SSSR count). The van der Waals surface area contributed by atoms with Gasteiger partial charge in [-0.05, 0) is 53.4 Å². The van der Waals surface area contributed by atoms with E-state index in [1.54, 1.807) is 0 Å². The van der Waals surface area contributed by atoms with Crippen molar-refractivity contribution >= 4 is 6.47 Å². The lowest BCUT2D eigenvalue weighted by Crippen LogP contribution is -2.29. The van der Waals surface area contributed by atoms with Crippen molar-refractivity contribution in [2.75, 3.05) is 6.61 Å². The predicted octanol–water partition coefficient (Wildman–Crippen LogP) is 2.25. The molecule has 4 heteroatoms. The van der Waals surface area contributed by atoms with Crippen LogP contribution in [0.25, 0.3) is 0 Å². The first kappa shape index (κ1) is 16.4. The van der Waals surface area contributed by atoms with E-state index in [4.69, 9.17) is 15.2 Å². The van der Waals surface area contributed by atoms with Crippen LogP contribution in [0.4, 0.5) is 0 Å². The van der Waals surface area contributed by atoms with E-state index in [0.717, 1.165) is 12.8 Å². The first-order valence-electron chi connectivity index (χ1n) is 6.34. The van der Waals surface area contributed by atoms with Gasteiger partial charge in [0.25, 0.3) is 6.47 Å². The van der Waals surface area contributed by atoms with Gasteiger partial charge in [0.05, 0.1) is 12.2 Å². The second-order valence-corrected chi connectivity index (χ2v) is 5.54. The van der Waals surface area contributed by atoms with E-state index in [1.807, 2.05) is 27.7 Å². The molecule has 0 heterocycles. The first-order chi connectivity index (χ1) is 7.85. The van der Waals surface area contributed by atoms with Gasteiger partial charge in [0.2, 0.25) is 0 Å². The molecule has 1 unspecified atom stereocenters. The summed E-state index contributed by atoms with van der Waals surface area (Å²) in [6.07, 6.45) is 4.82. The minimum atomic E-state index is -0.0480. The van der Waals surface area contributed by atoms with Crippen molar-refractivity contribution in [2.45, 2.75) is 71.1 Å². The molecule has 0 spiro atoms. The summed E-state index contributed by atoms with van der Waals surface area (Å²) < 4.78 is 10.1. The summed E-state index contributed by atoms with van der Waals surface area (Å²) in [5.74, 6) is 0. The third-order valence-corrected chi connectivity index (χ3v) is 2.33. The summed E-state index contributed by atoms with van der Waals surface area (Å²) in [5.41, 5.74) is 5.43. The van der Waals surface area contributed by atoms with Crippen LogP contribution in [-0.2, 0) is 14.3 Å². The van der Waals surface area contributed by atoms with E-state index in [-0.39, 0.29) is 17.7 Å². The average Bonchev–Trinajstić information content (AvgIpc) is 2.68. The number of ether oxygens (including phenoxy) is 2. The van der Waals surface area contributed by atoms with E-state index in [0.29, 0.717) is 13.1 Å². The predicted molar refractivity (Wildman–Crippen MR) is 68.8 cm³/mol. The molecule has 2 N–H and O–H groups in total. The molecule has 1 fully saturated rings. The Hall–Kier alpha value is -0.610. The topological polar surface area (TPSA) is 61.5 Å². The van der Waals surface area contributed by atoms with Gasteiger partial charge in [0, 0.05) is 6.04 Å². The highest BCUT2D eigenvalue weighted by Crippen LogP contribution is 2.19. The number of carbonyl (C=O) groups is 1. The second-order valence-electron chi connectivity index (χ2n) is 5.54. The Bertz CT molecular complexity index is 193. The number of hydrogen-bond donors (Lipinski definition) is 1. The minimum Gasteiger partial charge on any atom is -0.465 e. The molecular formula is C13H27NO3. The van der Waals surface area contributed by atoms with Crippen LogP contribution in [0.2, 0.25) is 0 Å². The molecule has 0 aromatic carbocycles. The second kappa shape index (κ2) is 8.48. The van der Waals surface area contributed by atoms with Crippen LogP contribution >= 0.6 is 0 Å². The summed E-state index contributed by atoms with van der Waals surface area (Å²) in [7, 11) is 0. The zero-order valence-corrected chi connectivity index (χ0v) is 11.6. The average molecular weight is 245 g/mol. The molecule has 0 aromatic rings. The van der Waals surface area contributed by atoms with Crippen molar-refractivity contribution in [3.8, 4) is 0 Å². The van der Waals surface area contributed by atoms with Crippen molar-refractivity contribution in [3.63, 3.8) is 0 Å². The van der Waals surface area contributed by atoms with Crippen molar-refractivity contribution in [2.24, 2.45) is 5.73 Å². The molecule has 0 saturated heterocycles. The van der Waals surface area contributed by atoms with Crippen molar-refractivity contribution < 1.29 is 14.3 Å². The first-order valence-corrected chi connectivity index (χ1v) is 6.34. The van der Waals surface area contributed by atoms with E-state index >= 15 is 0 Å². The van der Waals surface area contributed by atoms with Crippen LogP contribution in [0.15, 0.2) is 0 Å². The lowest BCUT2D eigenvalue weighted by molar-refractivity contribution is -0.133. The van der Waals surface area contributed by atoms with E-state index < -0.39 is 0 Å². The van der Waals surface area contributed by atoms with Gasteiger partial charge in [0.15, 0.2) is 0 Å². The van der Waals surface area contributed by atoms with E-state index in [2.05, 4.69) is 0 Å². The summed E-state index contributed by atoms with van der Waals surface area (Å²) in [4.78, 5) is 9.74. The van der Waals surface area contributed by atoms with Gasteiger partial charge in [-0.2, -0.15) is 0 Å². The van der Waals surface area contributed by atoms with Crippen LogP contribution in [0.5, 0.6) is 0 Å². The lowest BCUT2D eigenvalue weighted by atomic mass is 10.2. The minimum absolute atomic E-state index is 0.0480. The molecule has 0 radical (unpaired) electrons. The Morgan fingerprint density at radius 3 is 2.18 bits per heavy atom. The normalized spacial score (nSPS) is 18.2. The van der Waals surface area contributed by atoms with Crippen molar-refractivity contribution in [1.29, 1.82) is 0 Å². The maximum atomic E-state index is 9.74. The highest BCUT2D eigenvalue weighted by molar-refractivity contribution is 5.37. The van der Waals surface area contributed by atoms with Crippen LogP contribution in [-0.4, -0.2) is 30.8 Å². The zero-order valence-electron chi connectivity index (χ0n) is 11.6. The molecule has 0 bridgehead atoms. The Kier molecular flexibility index (Phi) is 8.17. The third-order valence-electron chi connectivity index (χ3n) is 2.33. The van der Waals surface area contributed by atoms with Crippen LogP contribution in [0.3, 0.4) is 0 Å². The fourth-order valence-electron chi connectivity index (χ4n) is 1.48. The molecule has 4 nitrogen and oxygen atoms in total. The molecule has 17 heavy (non-hydrogen) atoms. The van der Waals surface area contributed by atoms with Crippen LogP contribution in [0, 0.1) is 0 Å². The third kappa shape index (κ3) is 11.6. The highest BCUT2D eigenvalue weighted by Gasteiger charge is 2.14. The number of rotatable bonds is 4. The largest absolute Gasteiger partial charge is 0.465 e. The summed E-state index contributed by atoms with van der Waals surface area (Å²) >= 11 is 0. The molecule has 0 amide bonds. The maximum Gasteiger partial charge on any atom is 0.293 e. The molecule has 102 valence electrons. The van der Waals surface area contributed by atoms with Gasteiger partial charge in [-0.15, -0.1) is 0 Å². The van der Waals surface area contributed by atoms with Crippen molar-refractivity contribution in [1.82, 2.24) is 0 Å². The fraction of sp³-hybridized carbons (Fsp3) is 0.923. The smallest absolute Gasteiger partial charge is 0.293 e. The maximum absolute atomic E-state index is 9.74. The van der Waals surface area contributed by atoms with Gasteiger partial charge < -0.3 is 15.2 Å². The summed E-state index contributed by atoms with van der Waals surface area (Å²) in [5, 5.41) is 0. The van der Waals surface area contributed by atoms with E-state index in [1.165, 1.54) is 12.8 Å². The van der Waals surface area contributed by atoms with Crippen LogP contribution < -0.4 is 5.73 Å². The van der Waals surface area contributed by atoms with Gasteiger partial charge >= 0.3 is 0 Å². The number of nitrogens with two attached hydrogens (primary N) is 1. The summed E-state index contributed by atoms with van der Waals surface area (Å²) in [6, 6.07) is 0.143. The quantitative estimate of drug-likeness (QED) is 0.772. The Morgan fingerprint density at radius 1 is 1.35 bits per heavy atom. The SMILES string of the molecule is CC(N)COC(C)(C)C.O=COC1CCCC1. The van der Waals surface area contributed by atoms with Gasteiger partial charge in [-0.3, -0.25) is 4.79 Å². The summed E-state index contributed by atoms with van der Waals surface area (Å²) in [6.45, 7) is 9.20. The molecule has 1 aliphatic carbocycles. The molecule has 0 aliphatic heterocycles. The van der Waals surface area contributed by atoms with Gasteiger partial charge in [0.1, 0.15) is 6.10 Å². The molecule has 1 saturated carbocycles. The fourth-order valence-corrected chi connectivity index (χ4v) is 1.48. The zero-order chi connectivity index (χ0) is 13.3. The van der Waals surface area contributed by atoms with E-state index in [9.17, 15) is 4.79 Å². The Balaban J connectivity index is 0.000000302. The molecule has 0 aromatic heterocycles. The van der Waals surface area contributed by atoms with Crippen LogP contribution in [0.1, 0.15) is 53.4 Å². The number of carbonyl (C=O) groups excluding carboxylic acids is 1. The molecular weight excluding hydrogens is 218 g/mol. The monoisotopic (exact) mass is 245 g/mol. The standard InChI is InChI=1S/C7H17NO.C6H10O2/c1-6(8)5-9-7(2,3)4;7-5-8-6-3-1-2-4-6/h6H,5,8H2,1-4H3;5-6H,1-4H2. The number of hydrogen-bond acceptors (Lipinski definition) is 4. The Morgan fingerprint density at radius 2 is 1.88 bits per heavy atom. The van der Waals surface area contributed by atoms with Gasteiger partial charge in [-0.25, -0.2) is 0 Å². The van der Waals surface area contributed by atoms with Gasteiger partial charge in [-0.1, -0.05) is 0 Å². The Labute approximate surface area is 105 Å². The lowest BCUT2D eigenvalue weighted by Gasteiger charge is -2.20.